The number of rotatable bonds is 9. The zero-order chi connectivity index (χ0) is 19.9. The summed E-state index contributed by atoms with van der Waals surface area (Å²) in [6, 6.07) is 11.6. The van der Waals surface area contributed by atoms with Gasteiger partial charge in [-0.2, -0.15) is 0 Å². The third kappa shape index (κ3) is 5.99. The van der Waals surface area contributed by atoms with E-state index in [1.54, 1.807) is 0 Å². The molecule has 0 atom stereocenters. The molecule has 0 saturated carbocycles. The molecule has 27 heavy (non-hydrogen) atoms. The fourth-order valence-electron chi connectivity index (χ4n) is 2.53. The second kappa shape index (κ2) is 9.41. The first-order valence-corrected chi connectivity index (χ1v) is 10.7. The lowest BCUT2D eigenvalue weighted by molar-refractivity contribution is 0.0954. The molecular formula is C20H25NO5S. The van der Waals surface area contributed by atoms with Crippen molar-refractivity contribution in [1.29, 1.82) is 0 Å². The van der Waals surface area contributed by atoms with E-state index in [-0.39, 0.29) is 10.8 Å². The summed E-state index contributed by atoms with van der Waals surface area (Å²) in [4.78, 5) is 12.4. The highest BCUT2D eigenvalue weighted by atomic mass is 32.2. The van der Waals surface area contributed by atoms with E-state index in [2.05, 4.69) is 5.32 Å². The topological polar surface area (TPSA) is 81.7 Å². The van der Waals surface area contributed by atoms with Gasteiger partial charge in [0.05, 0.1) is 18.1 Å². The summed E-state index contributed by atoms with van der Waals surface area (Å²) < 4.78 is 34.1. The Morgan fingerprint density at radius 2 is 1.59 bits per heavy atom. The molecule has 2 aromatic carbocycles. The lowest BCUT2D eigenvalue weighted by atomic mass is 10.1. The highest BCUT2D eigenvalue weighted by Crippen LogP contribution is 2.28. The van der Waals surface area contributed by atoms with Crippen molar-refractivity contribution < 1.29 is 22.7 Å². The molecule has 1 amide bonds. The van der Waals surface area contributed by atoms with Gasteiger partial charge in [0.15, 0.2) is 21.3 Å². The third-order valence-corrected chi connectivity index (χ3v) is 4.98. The molecular weight excluding hydrogens is 366 g/mol. The van der Waals surface area contributed by atoms with Crippen LogP contribution in [0.3, 0.4) is 0 Å². The molecule has 0 aliphatic rings. The first-order valence-electron chi connectivity index (χ1n) is 8.82. The number of nitrogens with one attached hydrogen (secondary N) is 1. The SMILES string of the molecule is CCOc1ccc(CCNC(=O)c2ccc(S(C)(=O)=O)cc2)cc1OCC. The molecule has 0 aliphatic carbocycles. The van der Waals surface area contributed by atoms with Crippen molar-refractivity contribution in [2.75, 3.05) is 26.0 Å². The maximum atomic E-state index is 12.2. The minimum Gasteiger partial charge on any atom is -0.490 e. The summed E-state index contributed by atoms with van der Waals surface area (Å²) in [5.41, 5.74) is 1.44. The number of hydrogen-bond acceptors (Lipinski definition) is 5. The van der Waals surface area contributed by atoms with Crippen LogP contribution in [0.1, 0.15) is 29.8 Å². The highest BCUT2D eigenvalue weighted by Gasteiger charge is 2.10. The van der Waals surface area contributed by atoms with Gasteiger partial charge in [-0.1, -0.05) is 6.07 Å². The minimum atomic E-state index is -3.27. The van der Waals surface area contributed by atoms with Gasteiger partial charge < -0.3 is 14.8 Å². The van der Waals surface area contributed by atoms with Crippen LogP contribution in [0.4, 0.5) is 0 Å². The van der Waals surface area contributed by atoms with Crippen LogP contribution in [0, 0.1) is 0 Å². The van der Waals surface area contributed by atoms with E-state index in [1.807, 2.05) is 32.0 Å². The molecule has 0 spiro atoms. The van der Waals surface area contributed by atoms with E-state index in [0.29, 0.717) is 43.2 Å². The van der Waals surface area contributed by atoms with Crippen molar-refractivity contribution >= 4 is 15.7 Å². The number of benzene rings is 2. The van der Waals surface area contributed by atoms with Crippen LogP contribution in [0.25, 0.3) is 0 Å². The van der Waals surface area contributed by atoms with Gasteiger partial charge in [0.1, 0.15) is 0 Å². The van der Waals surface area contributed by atoms with Crippen molar-refractivity contribution in [2.45, 2.75) is 25.2 Å². The molecule has 0 saturated heterocycles. The Labute approximate surface area is 160 Å². The second-order valence-corrected chi connectivity index (χ2v) is 7.97. The monoisotopic (exact) mass is 391 g/mol. The van der Waals surface area contributed by atoms with Crippen molar-refractivity contribution in [2.24, 2.45) is 0 Å². The molecule has 0 fully saturated rings. The Hall–Kier alpha value is -2.54. The standard InChI is InChI=1S/C20H25NO5S/c1-4-25-18-11-6-15(14-19(18)26-5-2)12-13-21-20(22)16-7-9-17(10-8-16)27(3,23)24/h6-11,14H,4-5,12-13H2,1-3H3,(H,21,22). The Bertz CT molecular complexity index is 876. The van der Waals surface area contributed by atoms with Gasteiger partial charge in [-0.25, -0.2) is 8.42 Å². The maximum absolute atomic E-state index is 12.2. The average molecular weight is 391 g/mol. The third-order valence-electron chi connectivity index (χ3n) is 3.85. The molecule has 2 aromatic rings. The van der Waals surface area contributed by atoms with E-state index in [9.17, 15) is 13.2 Å². The van der Waals surface area contributed by atoms with Gasteiger partial charge >= 0.3 is 0 Å². The lowest BCUT2D eigenvalue weighted by Gasteiger charge is -2.12. The smallest absolute Gasteiger partial charge is 0.251 e. The van der Waals surface area contributed by atoms with Gasteiger partial charge in [0, 0.05) is 18.4 Å². The number of sulfone groups is 1. The molecule has 0 bridgehead atoms. The van der Waals surface area contributed by atoms with E-state index < -0.39 is 9.84 Å². The summed E-state index contributed by atoms with van der Waals surface area (Å²) in [5.74, 6) is 1.16. The summed E-state index contributed by atoms with van der Waals surface area (Å²) in [6.07, 6.45) is 1.77. The van der Waals surface area contributed by atoms with Crippen LogP contribution in [0.2, 0.25) is 0 Å². The highest BCUT2D eigenvalue weighted by molar-refractivity contribution is 7.90. The fraction of sp³-hybridized carbons (Fsp3) is 0.350. The normalized spacial score (nSPS) is 11.1. The number of carbonyl (C=O) groups excluding carboxylic acids is 1. The first-order chi connectivity index (χ1) is 12.8. The number of amides is 1. The number of hydrogen-bond donors (Lipinski definition) is 1. The Morgan fingerprint density at radius 3 is 2.19 bits per heavy atom. The lowest BCUT2D eigenvalue weighted by Crippen LogP contribution is -2.25. The zero-order valence-corrected chi connectivity index (χ0v) is 16.6. The van der Waals surface area contributed by atoms with Crippen molar-refractivity contribution in [1.82, 2.24) is 5.32 Å². The zero-order valence-electron chi connectivity index (χ0n) is 15.8. The molecule has 0 aliphatic heterocycles. The van der Waals surface area contributed by atoms with Crippen LogP contribution in [0.15, 0.2) is 47.4 Å². The van der Waals surface area contributed by atoms with E-state index in [0.717, 1.165) is 11.8 Å². The Kier molecular flexibility index (Phi) is 7.24. The molecule has 0 unspecified atom stereocenters. The summed E-state index contributed by atoms with van der Waals surface area (Å²) in [7, 11) is -3.27. The number of carbonyl (C=O) groups is 1. The average Bonchev–Trinajstić information content (AvgIpc) is 2.63. The van der Waals surface area contributed by atoms with Crippen molar-refractivity contribution in [3.8, 4) is 11.5 Å². The molecule has 1 N–H and O–H groups in total. The molecule has 2 rings (SSSR count). The maximum Gasteiger partial charge on any atom is 0.251 e. The summed E-state index contributed by atoms with van der Waals surface area (Å²) in [5, 5.41) is 2.84. The van der Waals surface area contributed by atoms with E-state index in [4.69, 9.17) is 9.47 Å². The first kappa shape index (κ1) is 20.8. The van der Waals surface area contributed by atoms with E-state index in [1.165, 1.54) is 24.3 Å². The molecule has 0 aromatic heterocycles. The van der Waals surface area contributed by atoms with Crippen LogP contribution in [-0.2, 0) is 16.3 Å². The van der Waals surface area contributed by atoms with E-state index >= 15 is 0 Å². The van der Waals surface area contributed by atoms with Gasteiger partial charge in [-0.3, -0.25) is 4.79 Å². The largest absolute Gasteiger partial charge is 0.490 e. The van der Waals surface area contributed by atoms with Crippen LogP contribution in [0.5, 0.6) is 11.5 Å². The predicted molar refractivity (Wildman–Crippen MR) is 104 cm³/mol. The Morgan fingerprint density at radius 1 is 0.963 bits per heavy atom. The van der Waals surface area contributed by atoms with Crippen LogP contribution >= 0.6 is 0 Å². The molecule has 6 nitrogen and oxygen atoms in total. The summed E-state index contributed by atoms with van der Waals surface area (Å²) in [6.45, 7) is 5.39. The summed E-state index contributed by atoms with van der Waals surface area (Å²) >= 11 is 0. The second-order valence-electron chi connectivity index (χ2n) is 5.95. The Balaban J connectivity index is 1.95. The molecule has 7 heteroatoms. The van der Waals surface area contributed by atoms with Crippen LogP contribution in [-0.4, -0.2) is 40.3 Å². The van der Waals surface area contributed by atoms with Crippen LogP contribution < -0.4 is 14.8 Å². The van der Waals surface area contributed by atoms with Crippen molar-refractivity contribution in [3.05, 3.63) is 53.6 Å². The van der Waals surface area contributed by atoms with Crippen molar-refractivity contribution in [3.63, 3.8) is 0 Å². The van der Waals surface area contributed by atoms with Gasteiger partial charge in [-0.05, 0) is 62.2 Å². The molecule has 0 radical (unpaired) electrons. The predicted octanol–water partition coefficient (Wildman–Crippen LogP) is 2.86. The van der Waals surface area contributed by atoms with Gasteiger partial charge in [0.2, 0.25) is 0 Å². The van der Waals surface area contributed by atoms with Gasteiger partial charge in [0.25, 0.3) is 5.91 Å². The fourth-order valence-corrected chi connectivity index (χ4v) is 3.16. The van der Waals surface area contributed by atoms with Gasteiger partial charge in [-0.15, -0.1) is 0 Å². The number of ether oxygens (including phenoxy) is 2. The molecule has 0 heterocycles. The quantitative estimate of drug-likeness (QED) is 0.711. The minimum absolute atomic E-state index is 0.192. The molecule has 146 valence electrons.